The molecule has 0 aliphatic heterocycles. The van der Waals surface area contributed by atoms with Crippen LogP contribution in [0.15, 0.2) is 0 Å². The van der Waals surface area contributed by atoms with E-state index in [0.717, 1.165) is 0 Å². The lowest BCUT2D eigenvalue weighted by atomic mass is 10.8. The Labute approximate surface area is 86.8 Å². The summed E-state index contributed by atoms with van der Waals surface area (Å²) in [6.07, 6.45) is 0. The van der Waals surface area contributed by atoms with Crippen molar-refractivity contribution in [2.45, 2.75) is 0 Å². The van der Waals surface area contributed by atoms with Crippen LogP contribution in [-0.4, -0.2) is 41.7 Å². The molecule has 14 heavy (non-hydrogen) atoms. The van der Waals surface area contributed by atoms with Gasteiger partial charge >= 0.3 is 17.2 Å². The van der Waals surface area contributed by atoms with Crippen LogP contribution in [0.2, 0.25) is 0 Å². The van der Waals surface area contributed by atoms with Gasteiger partial charge < -0.3 is 27.1 Å². The van der Waals surface area contributed by atoms with E-state index in [1.807, 2.05) is 0 Å². The Hall–Kier alpha value is 0.620. The highest BCUT2D eigenvalue weighted by atomic mass is 31.2. The molecule has 0 saturated carbocycles. The Bertz CT molecular complexity index is 105. The highest BCUT2D eigenvalue weighted by Gasteiger charge is 2.10. The Morgan fingerprint density at radius 3 is 1.14 bits per heavy atom. The van der Waals surface area contributed by atoms with Gasteiger partial charge in [0, 0.05) is 28.4 Å². The standard InChI is InChI=1S/C6H16O6P2/c1-7-13(8-2)11-5-6-12-14(9-3)10-4/h5-6H2,1-4H3. The van der Waals surface area contributed by atoms with Gasteiger partial charge in [-0.25, -0.2) is 0 Å². The molecule has 0 aromatic rings. The van der Waals surface area contributed by atoms with Gasteiger partial charge in [-0.1, -0.05) is 0 Å². The third-order valence-electron chi connectivity index (χ3n) is 1.07. The van der Waals surface area contributed by atoms with Crippen molar-refractivity contribution in [2.75, 3.05) is 41.7 Å². The molecule has 8 heteroatoms. The third-order valence-corrected chi connectivity index (χ3v) is 3.05. The van der Waals surface area contributed by atoms with Crippen LogP contribution in [0.25, 0.3) is 0 Å². The minimum atomic E-state index is -1.25. The van der Waals surface area contributed by atoms with E-state index in [1.165, 1.54) is 28.4 Å². The fourth-order valence-electron chi connectivity index (χ4n) is 0.583. The summed E-state index contributed by atoms with van der Waals surface area (Å²) in [6, 6.07) is 0. The molecule has 86 valence electrons. The summed E-state index contributed by atoms with van der Waals surface area (Å²) in [7, 11) is 3.58. The third kappa shape index (κ3) is 6.98. The molecule has 0 spiro atoms. The molecule has 0 amide bonds. The van der Waals surface area contributed by atoms with Crippen LogP contribution < -0.4 is 0 Å². The first kappa shape index (κ1) is 14.6. The number of hydrogen-bond donors (Lipinski definition) is 0. The fraction of sp³-hybridized carbons (Fsp3) is 1.00. The maximum absolute atomic E-state index is 5.17. The minimum absolute atomic E-state index is 0.374. The molecule has 0 atom stereocenters. The maximum Gasteiger partial charge on any atom is 0.332 e. The second-order valence-corrected chi connectivity index (χ2v) is 4.72. The summed E-state index contributed by atoms with van der Waals surface area (Å²) in [4.78, 5) is 0. The van der Waals surface area contributed by atoms with Crippen LogP contribution in [-0.2, 0) is 27.1 Å². The normalized spacial score (nSPS) is 11.6. The molecular formula is C6H16O6P2. The van der Waals surface area contributed by atoms with Crippen molar-refractivity contribution in [1.29, 1.82) is 0 Å². The Kier molecular flexibility index (Phi) is 10.6. The highest BCUT2D eigenvalue weighted by molar-refractivity contribution is 7.42. The van der Waals surface area contributed by atoms with Crippen LogP contribution in [0.1, 0.15) is 0 Å². The summed E-state index contributed by atoms with van der Waals surface area (Å²) < 4.78 is 29.8. The van der Waals surface area contributed by atoms with Crippen molar-refractivity contribution in [3.05, 3.63) is 0 Å². The summed E-state index contributed by atoms with van der Waals surface area (Å²) >= 11 is 0. The first-order chi connectivity index (χ1) is 6.78. The summed E-state index contributed by atoms with van der Waals surface area (Å²) in [6.45, 7) is 0.748. The van der Waals surface area contributed by atoms with Crippen molar-refractivity contribution >= 4 is 17.2 Å². The average Bonchev–Trinajstić information content (AvgIpc) is 2.24. The highest BCUT2D eigenvalue weighted by Crippen LogP contribution is 2.39. The predicted octanol–water partition coefficient (Wildman–Crippen LogP) is 2.06. The van der Waals surface area contributed by atoms with Crippen LogP contribution in [0.4, 0.5) is 0 Å². The molecular weight excluding hydrogens is 230 g/mol. The van der Waals surface area contributed by atoms with Crippen LogP contribution in [0.5, 0.6) is 0 Å². The molecule has 0 aliphatic carbocycles. The molecule has 0 aromatic carbocycles. The van der Waals surface area contributed by atoms with E-state index in [2.05, 4.69) is 0 Å². The van der Waals surface area contributed by atoms with Gasteiger partial charge in [0.25, 0.3) is 0 Å². The lowest BCUT2D eigenvalue weighted by Crippen LogP contribution is -2.01. The quantitative estimate of drug-likeness (QED) is 0.458. The second kappa shape index (κ2) is 10.1. The van der Waals surface area contributed by atoms with E-state index < -0.39 is 17.2 Å². The Balaban J connectivity index is 3.35. The second-order valence-electron chi connectivity index (χ2n) is 1.84. The van der Waals surface area contributed by atoms with Crippen molar-refractivity contribution < 1.29 is 27.1 Å². The first-order valence-electron chi connectivity index (χ1n) is 3.81. The molecule has 0 saturated heterocycles. The average molecular weight is 246 g/mol. The van der Waals surface area contributed by atoms with E-state index >= 15 is 0 Å². The molecule has 0 aliphatic rings. The Morgan fingerprint density at radius 2 is 0.929 bits per heavy atom. The van der Waals surface area contributed by atoms with Crippen molar-refractivity contribution in [3.8, 4) is 0 Å². The first-order valence-corrected chi connectivity index (χ1v) is 6.00. The molecule has 0 radical (unpaired) electrons. The SMILES string of the molecule is COP(OC)OCCOP(OC)OC. The van der Waals surface area contributed by atoms with Crippen molar-refractivity contribution in [2.24, 2.45) is 0 Å². The van der Waals surface area contributed by atoms with Gasteiger partial charge in [-0.05, 0) is 0 Å². The zero-order valence-corrected chi connectivity index (χ0v) is 10.5. The van der Waals surface area contributed by atoms with Crippen LogP contribution in [0.3, 0.4) is 0 Å². The van der Waals surface area contributed by atoms with E-state index in [4.69, 9.17) is 27.1 Å². The molecule has 0 unspecified atom stereocenters. The fourth-order valence-corrected chi connectivity index (χ4v) is 1.75. The van der Waals surface area contributed by atoms with Gasteiger partial charge in [-0.2, -0.15) is 0 Å². The predicted molar refractivity (Wildman–Crippen MR) is 53.8 cm³/mol. The summed E-state index contributed by atoms with van der Waals surface area (Å²) in [5.74, 6) is 0. The lowest BCUT2D eigenvalue weighted by molar-refractivity contribution is 0.147. The van der Waals surface area contributed by atoms with Crippen molar-refractivity contribution in [3.63, 3.8) is 0 Å². The maximum atomic E-state index is 5.17. The van der Waals surface area contributed by atoms with Gasteiger partial charge in [0.2, 0.25) is 0 Å². The van der Waals surface area contributed by atoms with Gasteiger partial charge in [0.15, 0.2) is 0 Å². The Morgan fingerprint density at radius 1 is 0.643 bits per heavy atom. The zero-order chi connectivity index (χ0) is 10.8. The van der Waals surface area contributed by atoms with Crippen LogP contribution >= 0.6 is 17.2 Å². The minimum Gasteiger partial charge on any atom is -0.316 e. The van der Waals surface area contributed by atoms with Gasteiger partial charge in [-0.3, -0.25) is 0 Å². The van der Waals surface area contributed by atoms with Crippen molar-refractivity contribution in [1.82, 2.24) is 0 Å². The zero-order valence-electron chi connectivity index (χ0n) is 8.76. The topological polar surface area (TPSA) is 55.4 Å². The smallest absolute Gasteiger partial charge is 0.316 e. The van der Waals surface area contributed by atoms with Gasteiger partial charge in [0.1, 0.15) is 0 Å². The molecule has 0 N–H and O–H groups in total. The molecule has 0 aromatic heterocycles. The van der Waals surface area contributed by atoms with E-state index in [1.54, 1.807) is 0 Å². The van der Waals surface area contributed by atoms with Gasteiger partial charge in [-0.15, -0.1) is 0 Å². The van der Waals surface area contributed by atoms with E-state index in [0.29, 0.717) is 13.2 Å². The summed E-state index contributed by atoms with van der Waals surface area (Å²) in [5.41, 5.74) is 0. The van der Waals surface area contributed by atoms with Crippen LogP contribution in [0, 0.1) is 0 Å². The largest absolute Gasteiger partial charge is 0.332 e. The number of hydrogen-bond acceptors (Lipinski definition) is 6. The molecule has 6 nitrogen and oxygen atoms in total. The monoisotopic (exact) mass is 246 g/mol. The molecule has 0 fully saturated rings. The van der Waals surface area contributed by atoms with Gasteiger partial charge in [0.05, 0.1) is 13.2 Å². The molecule has 0 bridgehead atoms. The number of rotatable bonds is 9. The van der Waals surface area contributed by atoms with E-state index in [9.17, 15) is 0 Å². The lowest BCUT2D eigenvalue weighted by Gasteiger charge is -2.13. The van der Waals surface area contributed by atoms with E-state index in [-0.39, 0.29) is 0 Å². The molecule has 0 heterocycles. The molecule has 0 rings (SSSR count). The summed E-state index contributed by atoms with van der Waals surface area (Å²) in [5, 5.41) is 0.